The van der Waals surface area contributed by atoms with Crippen molar-refractivity contribution >= 4 is 21.8 Å². The van der Waals surface area contributed by atoms with Crippen LogP contribution in [0.1, 0.15) is 16.4 Å². The van der Waals surface area contributed by atoms with Crippen LogP contribution >= 0.6 is 21.8 Å². The van der Waals surface area contributed by atoms with E-state index in [2.05, 4.69) is 48.5 Å². The molecule has 0 aromatic heterocycles. The highest BCUT2D eigenvalue weighted by molar-refractivity contribution is 8.76. The van der Waals surface area contributed by atoms with E-state index in [1.54, 1.807) is 10.8 Å². The average Bonchev–Trinajstić information content (AvgIpc) is 2.38. The van der Waals surface area contributed by atoms with Gasteiger partial charge in [0.1, 0.15) is 0 Å². The SMILES string of the molecule is NSSC(c1ccccc1)c1ccccc1. The molecule has 0 saturated carbocycles. The third-order valence-corrected chi connectivity index (χ3v) is 4.12. The molecule has 3 heteroatoms. The number of hydrogen-bond donors (Lipinski definition) is 1. The highest BCUT2D eigenvalue weighted by Crippen LogP contribution is 2.40. The second kappa shape index (κ2) is 5.99. The Labute approximate surface area is 104 Å². The third kappa shape index (κ3) is 2.82. The van der Waals surface area contributed by atoms with Gasteiger partial charge in [0.2, 0.25) is 0 Å². The number of hydrogen-bond acceptors (Lipinski definition) is 3. The molecule has 0 radical (unpaired) electrons. The van der Waals surface area contributed by atoms with E-state index >= 15 is 0 Å². The zero-order valence-electron chi connectivity index (χ0n) is 8.74. The number of benzene rings is 2. The Hall–Kier alpha value is -0.900. The summed E-state index contributed by atoms with van der Waals surface area (Å²) in [4.78, 5) is 0. The van der Waals surface area contributed by atoms with Gasteiger partial charge in [-0.1, -0.05) is 71.5 Å². The molecule has 0 saturated heterocycles. The number of rotatable bonds is 4. The molecule has 0 atom stereocenters. The van der Waals surface area contributed by atoms with Crippen molar-refractivity contribution in [2.45, 2.75) is 5.25 Å². The van der Waals surface area contributed by atoms with Crippen LogP contribution in [0, 0.1) is 0 Å². The highest BCUT2D eigenvalue weighted by Gasteiger charge is 2.13. The Morgan fingerprint density at radius 2 is 1.19 bits per heavy atom. The lowest BCUT2D eigenvalue weighted by atomic mass is 10.0. The first-order chi connectivity index (χ1) is 7.92. The van der Waals surface area contributed by atoms with Crippen molar-refractivity contribution in [3.05, 3.63) is 71.8 Å². The molecular weight excluding hydrogens is 234 g/mol. The normalized spacial score (nSPS) is 10.6. The van der Waals surface area contributed by atoms with E-state index in [0.717, 1.165) is 0 Å². The minimum Gasteiger partial charge on any atom is -0.268 e. The fourth-order valence-electron chi connectivity index (χ4n) is 1.61. The van der Waals surface area contributed by atoms with Gasteiger partial charge in [0, 0.05) is 0 Å². The van der Waals surface area contributed by atoms with Crippen LogP contribution in [0.15, 0.2) is 60.7 Å². The van der Waals surface area contributed by atoms with Gasteiger partial charge in [-0.3, -0.25) is 5.14 Å². The van der Waals surface area contributed by atoms with Gasteiger partial charge in [0.15, 0.2) is 0 Å². The fourth-order valence-corrected chi connectivity index (χ4v) is 3.26. The van der Waals surface area contributed by atoms with E-state index < -0.39 is 0 Å². The van der Waals surface area contributed by atoms with Crippen molar-refractivity contribution in [2.24, 2.45) is 5.14 Å². The molecule has 0 amide bonds. The Morgan fingerprint density at radius 3 is 1.56 bits per heavy atom. The first-order valence-electron chi connectivity index (χ1n) is 5.04. The molecule has 2 aromatic rings. The molecule has 16 heavy (non-hydrogen) atoms. The molecule has 0 fully saturated rings. The molecule has 1 nitrogen and oxygen atoms in total. The van der Waals surface area contributed by atoms with Crippen molar-refractivity contribution in [1.29, 1.82) is 0 Å². The highest BCUT2D eigenvalue weighted by atomic mass is 33.1. The first-order valence-corrected chi connectivity index (χ1v) is 7.31. The molecule has 2 rings (SSSR count). The van der Waals surface area contributed by atoms with Gasteiger partial charge in [0.25, 0.3) is 0 Å². The van der Waals surface area contributed by atoms with Crippen LogP contribution in [0.5, 0.6) is 0 Å². The van der Waals surface area contributed by atoms with E-state index in [1.165, 1.54) is 22.1 Å². The second-order valence-electron chi connectivity index (χ2n) is 3.39. The van der Waals surface area contributed by atoms with Crippen molar-refractivity contribution in [3.63, 3.8) is 0 Å². The maximum atomic E-state index is 5.58. The quantitative estimate of drug-likeness (QED) is 0.652. The van der Waals surface area contributed by atoms with E-state index in [1.807, 2.05) is 12.1 Å². The summed E-state index contributed by atoms with van der Waals surface area (Å²) < 4.78 is 0. The molecule has 2 aromatic carbocycles. The molecule has 0 aliphatic heterocycles. The molecule has 0 aliphatic rings. The van der Waals surface area contributed by atoms with Gasteiger partial charge < -0.3 is 0 Å². The third-order valence-electron chi connectivity index (χ3n) is 2.36. The predicted octanol–water partition coefficient (Wildman–Crippen LogP) is 4.03. The first kappa shape index (κ1) is 11.6. The largest absolute Gasteiger partial charge is 0.268 e. The molecule has 0 heterocycles. The Bertz CT molecular complexity index is 377. The zero-order chi connectivity index (χ0) is 11.2. The summed E-state index contributed by atoms with van der Waals surface area (Å²) >= 11 is 0. The van der Waals surface area contributed by atoms with Gasteiger partial charge in [-0.2, -0.15) is 0 Å². The standard InChI is InChI=1S/C13H13NS2/c14-16-15-13(11-7-3-1-4-8-11)12-9-5-2-6-10-12/h1-10,13H,14H2. The summed E-state index contributed by atoms with van der Waals surface area (Å²) in [6.07, 6.45) is 0. The lowest BCUT2D eigenvalue weighted by molar-refractivity contribution is 1.16. The number of nitrogens with two attached hydrogens (primary N) is 1. The molecule has 0 spiro atoms. The van der Waals surface area contributed by atoms with Crippen LogP contribution in [-0.2, 0) is 0 Å². The Morgan fingerprint density at radius 1 is 0.750 bits per heavy atom. The summed E-state index contributed by atoms with van der Waals surface area (Å²) in [5.41, 5.74) is 2.58. The average molecular weight is 247 g/mol. The molecule has 2 N–H and O–H groups in total. The van der Waals surface area contributed by atoms with Gasteiger partial charge in [-0.25, -0.2) is 0 Å². The van der Waals surface area contributed by atoms with E-state index in [9.17, 15) is 0 Å². The monoisotopic (exact) mass is 247 g/mol. The minimum atomic E-state index is 0.303. The summed E-state index contributed by atoms with van der Waals surface area (Å²) in [7, 11) is 2.99. The van der Waals surface area contributed by atoms with Crippen LogP contribution in [0.4, 0.5) is 0 Å². The molecular formula is C13H13NS2. The van der Waals surface area contributed by atoms with Crippen LogP contribution in [0.2, 0.25) is 0 Å². The summed E-state index contributed by atoms with van der Waals surface area (Å²) in [5.74, 6) is 0. The van der Waals surface area contributed by atoms with Gasteiger partial charge in [-0.15, -0.1) is 0 Å². The van der Waals surface area contributed by atoms with Crippen molar-refractivity contribution in [3.8, 4) is 0 Å². The van der Waals surface area contributed by atoms with Crippen LogP contribution in [0.3, 0.4) is 0 Å². The smallest absolute Gasteiger partial charge is 0.0662 e. The van der Waals surface area contributed by atoms with Crippen LogP contribution in [0.25, 0.3) is 0 Å². The van der Waals surface area contributed by atoms with Crippen molar-refractivity contribution < 1.29 is 0 Å². The maximum absolute atomic E-state index is 5.58. The van der Waals surface area contributed by atoms with Crippen molar-refractivity contribution in [1.82, 2.24) is 0 Å². The second-order valence-corrected chi connectivity index (χ2v) is 5.40. The topological polar surface area (TPSA) is 26.0 Å². The van der Waals surface area contributed by atoms with Crippen LogP contribution < -0.4 is 5.14 Å². The lowest BCUT2D eigenvalue weighted by Crippen LogP contribution is -1.95. The molecule has 0 bridgehead atoms. The molecule has 0 aliphatic carbocycles. The van der Waals surface area contributed by atoms with Gasteiger partial charge in [-0.05, 0) is 22.1 Å². The maximum Gasteiger partial charge on any atom is 0.0662 e. The van der Waals surface area contributed by atoms with E-state index in [4.69, 9.17) is 5.14 Å². The summed E-state index contributed by atoms with van der Waals surface area (Å²) in [6, 6.07) is 20.9. The predicted molar refractivity (Wildman–Crippen MR) is 74.1 cm³/mol. The lowest BCUT2D eigenvalue weighted by Gasteiger charge is -2.15. The Kier molecular flexibility index (Phi) is 4.34. The van der Waals surface area contributed by atoms with Gasteiger partial charge >= 0.3 is 0 Å². The molecule has 0 unspecified atom stereocenters. The minimum absolute atomic E-state index is 0.303. The Balaban J connectivity index is 2.31. The van der Waals surface area contributed by atoms with E-state index in [0.29, 0.717) is 5.25 Å². The summed E-state index contributed by atoms with van der Waals surface area (Å²) in [6.45, 7) is 0. The van der Waals surface area contributed by atoms with Gasteiger partial charge in [0.05, 0.1) is 5.25 Å². The van der Waals surface area contributed by atoms with Crippen molar-refractivity contribution in [2.75, 3.05) is 0 Å². The fraction of sp³-hybridized carbons (Fsp3) is 0.0769. The zero-order valence-corrected chi connectivity index (χ0v) is 10.4. The van der Waals surface area contributed by atoms with E-state index in [-0.39, 0.29) is 0 Å². The summed E-state index contributed by atoms with van der Waals surface area (Å²) in [5, 5.41) is 5.89. The van der Waals surface area contributed by atoms with Crippen LogP contribution in [-0.4, -0.2) is 0 Å². The molecule has 82 valence electrons.